The Hall–Kier alpha value is -2.32. The molecular weight excluding hydrogens is 382 g/mol. The molecule has 2 aromatic rings. The number of carboxylic acid groups (broad SMARTS) is 1. The van der Waals surface area contributed by atoms with Crippen molar-refractivity contribution in [1.29, 1.82) is 5.26 Å². The summed E-state index contributed by atoms with van der Waals surface area (Å²) in [4.78, 5) is 11.0. The van der Waals surface area contributed by atoms with E-state index >= 15 is 0 Å². The number of fused-ring (bicyclic) bond motifs is 1. The Balaban J connectivity index is 1.49. The maximum atomic E-state index is 11.0. The van der Waals surface area contributed by atoms with Gasteiger partial charge in [-0.1, -0.05) is 18.2 Å². The minimum absolute atomic E-state index is 0.0161. The van der Waals surface area contributed by atoms with Crippen molar-refractivity contribution in [3.05, 3.63) is 63.1 Å². The fourth-order valence-electron chi connectivity index (χ4n) is 3.63. The van der Waals surface area contributed by atoms with Crippen LogP contribution in [0.5, 0.6) is 5.75 Å². The van der Waals surface area contributed by atoms with Gasteiger partial charge in [0.2, 0.25) is 0 Å². The molecule has 2 aliphatic carbocycles. The third kappa shape index (κ3) is 2.91. The molecule has 1 saturated carbocycles. The summed E-state index contributed by atoms with van der Waals surface area (Å²) in [5.74, 6) is -0.0240. The van der Waals surface area contributed by atoms with E-state index in [0.29, 0.717) is 5.56 Å². The number of aliphatic carboxylic acids is 1. The molecule has 2 aromatic carbocycles. The standard InChI is InChI=1S/C20H16BrNO3/c21-19-12(10-22)3-6-14-15(19)7-8-18(14)25-13-4-1-11(2-5-13)16-9-17(16)20(23)24/h1-6,16-18H,7-9H2,(H,23,24)/t16-,17+,18-/m1/s1. The van der Waals surface area contributed by atoms with E-state index in [0.717, 1.165) is 46.2 Å². The van der Waals surface area contributed by atoms with E-state index in [2.05, 4.69) is 22.0 Å². The van der Waals surface area contributed by atoms with Crippen molar-refractivity contribution in [3.63, 3.8) is 0 Å². The van der Waals surface area contributed by atoms with Crippen LogP contribution >= 0.6 is 15.9 Å². The molecule has 0 radical (unpaired) electrons. The second-order valence-electron chi connectivity index (χ2n) is 6.61. The van der Waals surface area contributed by atoms with Crippen LogP contribution in [0.25, 0.3) is 0 Å². The maximum Gasteiger partial charge on any atom is 0.307 e. The predicted octanol–water partition coefficient (Wildman–Crippen LogP) is 4.58. The van der Waals surface area contributed by atoms with Crippen molar-refractivity contribution in [2.45, 2.75) is 31.3 Å². The van der Waals surface area contributed by atoms with E-state index in [-0.39, 0.29) is 17.9 Å². The van der Waals surface area contributed by atoms with E-state index in [4.69, 9.17) is 15.1 Å². The Morgan fingerprint density at radius 2 is 2.00 bits per heavy atom. The van der Waals surface area contributed by atoms with E-state index in [1.807, 2.05) is 36.4 Å². The zero-order valence-electron chi connectivity index (χ0n) is 13.4. The molecule has 3 atom stereocenters. The van der Waals surface area contributed by atoms with Crippen molar-refractivity contribution < 1.29 is 14.6 Å². The van der Waals surface area contributed by atoms with Crippen molar-refractivity contribution in [2.75, 3.05) is 0 Å². The zero-order chi connectivity index (χ0) is 17.6. The van der Waals surface area contributed by atoms with Gasteiger partial charge in [0.05, 0.1) is 11.5 Å². The first-order chi connectivity index (χ1) is 12.1. The van der Waals surface area contributed by atoms with Crippen molar-refractivity contribution in [2.24, 2.45) is 5.92 Å². The highest BCUT2D eigenvalue weighted by atomic mass is 79.9. The summed E-state index contributed by atoms with van der Waals surface area (Å²) in [5, 5.41) is 18.2. The first kappa shape index (κ1) is 16.2. The molecule has 0 aromatic heterocycles. The Bertz CT molecular complexity index is 885. The quantitative estimate of drug-likeness (QED) is 0.819. The second-order valence-corrected chi connectivity index (χ2v) is 7.40. The number of benzene rings is 2. The lowest BCUT2D eigenvalue weighted by molar-refractivity contribution is -0.138. The normalized spacial score (nSPS) is 23.6. The predicted molar refractivity (Wildman–Crippen MR) is 95.5 cm³/mol. The Morgan fingerprint density at radius 3 is 2.64 bits per heavy atom. The van der Waals surface area contributed by atoms with E-state index in [1.54, 1.807) is 0 Å². The lowest BCUT2D eigenvalue weighted by atomic mass is 10.1. The summed E-state index contributed by atoms with van der Waals surface area (Å²) in [6.45, 7) is 0. The molecule has 1 N–H and O–H groups in total. The summed E-state index contributed by atoms with van der Waals surface area (Å²) in [6, 6.07) is 13.8. The molecule has 5 heteroatoms. The van der Waals surface area contributed by atoms with Crippen LogP contribution in [0.3, 0.4) is 0 Å². The highest BCUT2D eigenvalue weighted by Gasteiger charge is 2.44. The van der Waals surface area contributed by atoms with Gasteiger partial charge in [-0.3, -0.25) is 4.79 Å². The Labute approximate surface area is 154 Å². The number of hydrogen-bond acceptors (Lipinski definition) is 3. The van der Waals surface area contributed by atoms with Crippen LogP contribution in [-0.4, -0.2) is 11.1 Å². The van der Waals surface area contributed by atoms with Gasteiger partial charge in [-0.2, -0.15) is 5.26 Å². The first-order valence-corrected chi connectivity index (χ1v) is 9.08. The number of carbonyl (C=O) groups is 1. The zero-order valence-corrected chi connectivity index (χ0v) is 15.0. The molecule has 126 valence electrons. The number of hydrogen-bond donors (Lipinski definition) is 1. The van der Waals surface area contributed by atoms with Crippen LogP contribution in [-0.2, 0) is 11.2 Å². The molecular formula is C20H16BrNO3. The first-order valence-electron chi connectivity index (χ1n) is 8.29. The number of rotatable bonds is 4. The van der Waals surface area contributed by atoms with Crippen LogP contribution < -0.4 is 4.74 Å². The molecule has 1 fully saturated rings. The fourth-order valence-corrected chi connectivity index (χ4v) is 4.27. The van der Waals surface area contributed by atoms with Gasteiger partial charge in [-0.25, -0.2) is 0 Å². The minimum atomic E-state index is -0.713. The molecule has 0 saturated heterocycles. The van der Waals surface area contributed by atoms with Gasteiger partial charge in [0.15, 0.2) is 0 Å². The van der Waals surface area contributed by atoms with Crippen LogP contribution in [0.15, 0.2) is 40.9 Å². The number of ether oxygens (including phenoxy) is 1. The maximum absolute atomic E-state index is 11.0. The number of nitriles is 1. The average molecular weight is 398 g/mol. The third-order valence-corrected chi connectivity index (χ3v) is 6.00. The molecule has 25 heavy (non-hydrogen) atoms. The molecule has 0 heterocycles. The molecule has 2 aliphatic rings. The lowest BCUT2D eigenvalue weighted by Crippen LogP contribution is -2.04. The van der Waals surface area contributed by atoms with Crippen LogP contribution in [0, 0.1) is 17.2 Å². The van der Waals surface area contributed by atoms with Crippen molar-refractivity contribution in [3.8, 4) is 11.8 Å². The smallest absolute Gasteiger partial charge is 0.307 e. The molecule has 0 unspecified atom stereocenters. The highest BCUT2D eigenvalue weighted by molar-refractivity contribution is 9.10. The second kappa shape index (κ2) is 6.20. The van der Waals surface area contributed by atoms with Gasteiger partial charge < -0.3 is 9.84 Å². The van der Waals surface area contributed by atoms with Gasteiger partial charge in [-0.15, -0.1) is 0 Å². The lowest BCUT2D eigenvalue weighted by Gasteiger charge is -2.16. The van der Waals surface area contributed by atoms with Gasteiger partial charge >= 0.3 is 5.97 Å². The van der Waals surface area contributed by atoms with Crippen LogP contribution in [0.2, 0.25) is 0 Å². The van der Waals surface area contributed by atoms with Crippen LogP contribution in [0.4, 0.5) is 0 Å². The molecule has 0 amide bonds. The molecule has 4 nitrogen and oxygen atoms in total. The minimum Gasteiger partial charge on any atom is -0.486 e. The van der Waals surface area contributed by atoms with E-state index in [1.165, 1.54) is 0 Å². The van der Waals surface area contributed by atoms with Gasteiger partial charge in [0.1, 0.15) is 17.9 Å². The molecule has 0 bridgehead atoms. The largest absolute Gasteiger partial charge is 0.486 e. The SMILES string of the molecule is N#Cc1ccc2c(c1Br)CC[C@H]2Oc1ccc([C@H]2C[C@@H]2C(=O)O)cc1. The molecule has 0 spiro atoms. The van der Waals surface area contributed by atoms with Crippen molar-refractivity contribution in [1.82, 2.24) is 0 Å². The average Bonchev–Trinajstić information content (AvgIpc) is 3.32. The fraction of sp³-hybridized carbons (Fsp3) is 0.300. The number of halogens is 1. The Kier molecular flexibility index (Phi) is 4.01. The third-order valence-electron chi connectivity index (χ3n) is 5.10. The number of nitrogens with zero attached hydrogens (tertiary/aromatic N) is 1. The van der Waals surface area contributed by atoms with Crippen LogP contribution in [0.1, 0.15) is 47.1 Å². The van der Waals surface area contributed by atoms with E-state index < -0.39 is 5.97 Å². The Morgan fingerprint density at radius 1 is 1.24 bits per heavy atom. The number of carboxylic acids is 1. The highest BCUT2D eigenvalue weighted by Crippen LogP contribution is 2.48. The molecule has 0 aliphatic heterocycles. The van der Waals surface area contributed by atoms with Gasteiger partial charge in [-0.05, 0) is 76.0 Å². The summed E-state index contributed by atoms with van der Waals surface area (Å²) in [6.07, 6.45) is 2.48. The summed E-state index contributed by atoms with van der Waals surface area (Å²) in [5.41, 5.74) is 4.00. The van der Waals surface area contributed by atoms with E-state index in [9.17, 15) is 4.79 Å². The van der Waals surface area contributed by atoms with Gasteiger partial charge in [0, 0.05) is 4.47 Å². The van der Waals surface area contributed by atoms with Crippen molar-refractivity contribution >= 4 is 21.9 Å². The topological polar surface area (TPSA) is 70.3 Å². The monoisotopic (exact) mass is 397 g/mol. The summed E-state index contributed by atoms with van der Waals surface area (Å²) in [7, 11) is 0. The van der Waals surface area contributed by atoms with Gasteiger partial charge in [0.25, 0.3) is 0 Å². The molecule has 4 rings (SSSR count). The summed E-state index contributed by atoms with van der Waals surface area (Å²) >= 11 is 3.53. The summed E-state index contributed by atoms with van der Waals surface area (Å²) < 4.78 is 7.02.